The quantitative estimate of drug-likeness (QED) is 0.150. The molecule has 11 nitrogen and oxygen atoms in total. The third-order valence-corrected chi connectivity index (χ3v) is 13.9. The van der Waals surface area contributed by atoms with Gasteiger partial charge < -0.3 is 19.9 Å². The fourth-order valence-electron chi connectivity index (χ4n) is 10.1. The molecule has 306 valence electrons. The highest BCUT2D eigenvalue weighted by Crippen LogP contribution is 2.45. The summed E-state index contributed by atoms with van der Waals surface area (Å²) in [4.78, 5) is 57.9. The van der Waals surface area contributed by atoms with Gasteiger partial charge in [-0.25, -0.2) is 18.7 Å². The number of nitrogens with zero attached hydrogens (tertiary/aromatic N) is 7. The topological polar surface area (TPSA) is 117 Å². The molecule has 2 bridgehead atoms. The number of nitrogens with one attached hydrogen (secondary N) is 1. The van der Waals surface area contributed by atoms with Crippen LogP contribution in [0.25, 0.3) is 16.6 Å². The molecule has 1 N–H and O–H groups in total. The maximum absolute atomic E-state index is 15.4. The number of piperidine rings is 1. The molecule has 3 fully saturated rings. The maximum atomic E-state index is 15.4. The Labute approximate surface area is 350 Å². The molecule has 0 radical (unpaired) electrons. The lowest BCUT2D eigenvalue weighted by Crippen LogP contribution is -2.53. The maximum Gasteiger partial charge on any atom is 0.281 e. The monoisotopic (exact) mass is 864 g/mol. The Morgan fingerprint density at radius 3 is 2.34 bits per heavy atom. The van der Waals surface area contributed by atoms with Crippen LogP contribution >= 0.6 is 15.9 Å². The van der Waals surface area contributed by atoms with E-state index in [1.165, 1.54) is 24.9 Å². The number of rotatable bonds is 10. The van der Waals surface area contributed by atoms with Crippen LogP contribution in [0.3, 0.4) is 0 Å². The minimum Gasteiger partial charge on any atom is -0.368 e. The summed E-state index contributed by atoms with van der Waals surface area (Å²) in [5, 5.41) is 3.05. The van der Waals surface area contributed by atoms with Crippen molar-refractivity contribution in [3.63, 3.8) is 0 Å². The SMILES string of the molecule is CNC(=O)C(CCC=O)c1c(F)cc(C2CCN(c3ncc(CN4C5CCC4CN(c4ccc6c(c4)-n4c(nc(=O)c7c(Br)cccc74)C6(C)C)C5)cn3)CC2)cc1F. The minimum atomic E-state index is -1.07. The van der Waals surface area contributed by atoms with E-state index in [0.29, 0.717) is 61.2 Å². The number of benzene rings is 3. The van der Waals surface area contributed by atoms with Gasteiger partial charge in [0, 0.05) is 92.0 Å². The Balaban J connectivity index is 0.845. The van der Waals surface area contributed by atoms with Crippen molar-refractivity contribution in [2.75, 3.05) is 43.0 Å². The van der Waals surface area contributed by atoms with Crippen molar-refractivity contribution in [3.8, 4) is 5.69 Å². The van der Waals surface area contributed by atoms with Crippen molar-refractivity contribution >= 4 is 50.7 Å². The lowest BCUT2D eigenvalue weighted by atomic mass is 9.85. The molecule has 9 rings (SSSR count). The molecule has 3 atom stereocenters. The highest BCUT2D eigenvalue weighted by molar-refractivity contribution is 9.10. The first-order valence-corrected chi connectivity index (χ1v) is 21.3. The number of aromatic nitrogens is 4. The molecule has 2 aromatic heterocycles. The summed E-state index contributed by atoms with van der Waals surface area (Å²) in [6.45, 7) is 8.18. The van der Waals surface area contributed by atoms with E-state index in [1.54, 1.807) is 0 Å². The molecule has 59 heavy (non-hydrogen) atoms. The van der Waals surface area contributed by atoms with E-state index in [4.69, 9.17) is 9.97 Å². The lowest BCUT2D eigenvalue weighted by Gasteiger charge is -2.42. The zero-order chi connectivity index (χ0) is 41.2. The van der Waals surface area contributed by atoms with Crippen molar-refractivity contribution in [1.29, 1.82) is 0 Å². The molecule has 14 heteroatoms. The molecule has 5 aromatic rings. The van der Waals surface area contributed by atoms with Gasteiger partial charge in [0.25, 0.3) is 5.56 Å². The smallest absolute Gasteiger partial charge is 0.281 e. The Morgan fingerprint density at radius 1 is 0.983 bits per heavy atom. The second kappa shape index (κ2) is 15.5. The molecule has 0 spiro atoms. The van der Waals surface area contributed by atoms with Gasteiger partial charge in [0.1, 0.15) is 23.7 Å². The second-order valence-electron chi connectivity index (χ2n) is 17.0. The third-order valence-electron chi connectivity index (χ3n) is 13.2. The highest BCUT2D eigenvalue weighted by Gasteiger charge is 2.42. The van der Waals surface area contributed by atoms with E-state index in [9.17, 15) is 14.4 Å². The van der Waals surface area contributed by atoms with Crippen LogP contribution in [-0.4, -0.2) is 81.9 Å². The number of carbonyl (C=O) groups is 2. The number of halogens is 3. The molecule has 0 saturated carbocycles. The fourth-order valence-corrected chi connectivity index (χ4v) is 10.6. The van der Waals surface area contributed by atoms with Gasteiger partial charge in [-0.2, -0.15) is 4.98 Å². The van der Waals surface area contributed by atoms with Crippen molar-refractivity contribution < 1.29 is 18.4 Å². The zero-order valence-electron chi connectivity index (χ0n) is 33.4. The van der Waals surface area contributed by atoms with Gasteiger partial charge in [0.05, 0.1) is 27.9 Å². The number of carbonyl (C=O) groups excluding carboxylic acids is 2. The molecule has 3 saturated heterocycles. The van der Waals surface area contributed by atoms with E-state index >= 15 is 8.78 Å². The Morgan fingerprint density at radius 2 is 1.68 bits per heavy atom. The van der Waals surface area contributed by atoms with E-state index < -0.39 is 28.9 Å². The third kappa shape index (κ3) is 6.91. The number of piperazine rings is 1. The van der Waals surface area contributed by atoms with Crippen LogP contribution in [0, 0.1) is 11.6 Å². The van der Waals surface area contributed by atoms with Crippen molar-refractivity contribution in [1.82, 2.24) is 29.7 Å². The summed E-state index contributed by atoms with van der Waals surface area (Å²) in [5.41, 5.74) is 5.00. The predicted octanol–water partition coefficient (Wildman–Crippen LogP) is 6.90. The molecule has 3 unspecified atom stereocenters. The van der Waals surface area contributed by atoms with Crippen molar-refractivity contribution in [3.05, 3.63) is 115 Å². The number of anilines is 2. The summed E-state index contributed by atoms with van der Waals surface area (Å²) >= 11 is 3.59. The van der Waals surface area contributed by atoms with Gasteiger partial charge in [-0.15, -0.1) is 0 Å². The molecule has 3 aromatic carbocycles. The van der Waals surface area contributed by atoms with E-state index in [-0.39, 0.29) is 29.9 Å². The first kappa shape index (κ1) is 39.4. The first-order valence-electron chi connectivity index (χ1n) is 20.5. The van der Waals surface area contributed by atoms with Crippen LogP contribution in [-0.2, 0) is 21.5 Å². The molecular weight excluding hydrogens is 818 g/mol. The number of hydrogen-bond acceptors (Lipinski definition) is 9. The number of likely N-dealkylation sites (N-methyl/N-ethyl adjacent to an activating group) is 1. The summed E-state index contributed by atoms with van der Waals surface area (Å²) in [5.74, 6) is -1.73. The van der Waals surface area contributed by atoms with Gasteiger partial charge in [-0.1, -0.05) is 12.1 Å². The Bertz CT molecular complexity index is 2490. The van der Waals surface area contributed by atoms with E-state index in [2.05, 4.69) is 77.5 Å². The summed E-state index contributed by atoms with van der Waals surface area (Å²) in [6, 6.07) is 16.1. The largest absolute Gasteiger partial charge is 0.368 e. The molecule has 4 aliphatic heterocycles. The Hall–Kier alpha value is -5.08. The van der Waals surface area contributed by atoms with E-state index in [1.807, 2.05) is 30.6 Å². The predicted molar refractivity (Wildman–Crippen MR) is 226 cm³/mol. The van der Waals surface area contributed by atoms with Gasteiger partial charge >= 0.3 is 0 Å². The molecule has 4 aliphatic rings. The standard InChI is InChI=1S/C45H47BrF2N8O3/c1-45(2)33-12-11-29(20-38(33)56-37-8-4-7-34(46)40(37)42(59)52-43(45)56)54-24-30-9-10-31(25-54)55(30)23-26-21-50-44(51-22-26)53-15-13-27(14-16-53)28-18-35(47)39(36(48)19-28)32(6-5-17-57)41(58)49-3/h4,7-8,11-12,17-22,27,30-32H,5-6,9-10,13-16,23-25H2,1-3H3,(H,49,58). The number of hydrogen-bond donors (Lipinski definition) is 1. The summed E-state index contributed by atoms with van der Waals surface area (Å²) in [7, 11) is 1.42. The second-order valence-corrected chi connectivity index (χ2v) is 17.8. The van der Waals surface area contributed by atoms with Gasteiger partial charge in [0.15, 0.2) is 0 Å². The van der Waals surface area contributed by atoms with Gasteiger partial charge in [-0.05, 0) is 115 Å². The normalized spacial score (nSPS) is 20.4. The average Bonchev–Trinajstić information content (AvgIpc) is 3.59. The fraction of sp³-hybridized carbons (Fsp3) is 0.422. The van der Waals surface area contributed by atoms with Crippen LogP contribution < -0.4 is 20.7 Å². The Kier molecular flexibility index (Phi) is 10.4. The molecular formula is C45H47BrF2N8O3. The van der Waals surface area contributed by atoms with Crippen LogP contribution in [0.4, 0.5) is 20.4 Å². The summed E-state index contributed by atoms with van der Waals surface area (Å²) < 4.78 is 33.6. The van der Waals surface area contributed by atoms with Crippen LogP contribution in [0.1, 0.15) is 92.3 Å². The summed E-state index contributed by atoms with van der Waals surface area (Å²) in [6.07, 6.45) is 8.20. The highest BCUT2D eigenvalue weighted by atomic mass is 79.9. The van der Waals surface area contributed by atoms with Crippen molar-refractivity contribution in [2.24, 2.45) is 0 Å². The van der Waals surface area contributed by atoms with Gasteiger partial charge in [0.2, 0.25) is 11.9 Å². The molecule has 1 amide bonds. The number of aldehydes is 1. The number of fused-ring (bicyclic) bond motifs is 7. The molecule has 6 heterocycles. The van der Waals surface area contributed by atoms with Gasteiger partial charge in [-0.3, -0.25) is 19.1 Å². The number of amides is 1. The van der Waals surface area contributed by atoms with Crippen molar-refractivity contribution in [2.45, 2.75) is 88.3 Å². The van der Waals surface area contributed by atoms with Crippen LogP contribution in [0.15, 0.2) is 70.2 Å². The van der Waals surface area contributed by atoms with Crippen LogP contribution in [0.2, 0.25) is 0 Å². The van der Waals surface area contributed by atoms with E-state index in [0.717, 1.165) is 65.1 Å². The average molecular weight is 866 g/mol. The minimum absolute atomic E-state index is 0.0338. The zero-order valence-corrected chi connectivity index (χ0v) is 35.0. The van der Waals surface area contributed by atoms with Crippen LogP contribution in [0.5, 0.6) is 0 Å². The lowest BCUT2D eigenvalue weighted by molar-refractivity contribution is -0.122. The first-order chi connectivity index (χ1) is 28.5. The molecule has 0 aliphatic carbocycles.